The summed E-state index contributed by atoms with van der Waals surface area (Å²) in [5, 5.41) is 6.99. The van der Waals surface area contributed by atoms with Crippen molar-refractivity contribution in [3.05, 3.63) is 53.6 Å². The van der Waals surface area contributed by atoms with Gasteiger partial charge in [0, 0.05) is 17.3 Å². The van der Waals surface area contributed by atoms with Crippen molar-refractivity contribution in [2.24, 2.45) is 0 Å². The molecule has 0 bridgehead atoms. The van der Waals surface area contributed by atoms with Crippen LogP contribution in [-0.4, -0.2) is 23.7 Å². The van der Waals surface area contributed by atoms with Crippen molar-refractivity contribution in [1.82, 2.24) is 0 Å². The first-order valence-corrected chi connectivity index (χ1v) is 8.89. The summed E-state index contributed by atoms with van der Waals surface area (Å²) in [6.07, 6.45) is 0. The molecular weight excluding hydrogens is 330 g/mol. The van der Waals surface area contributed by atoms with E-state index in [9.17, 15) is 4.79 Å². The maximum absolute atomic E-state index is 12.1. The normalized spacial score (nSPS) is 15.9. The second-order valence-corrected chi connectivity index (χ2v) is 6.67. The van der Waals surface area contributed by atoms with Crippen LogP contribution in [0.15, 0.2) is 48.5 Å². The van der Waals surface area contributed by atoms with E-state index in [2.05, 4.69) is 34.6 Å². The first-order chi connectivity index (χ1) is 11.2. The van der Waals surface area contributed by atoms with E-state index >= 15 is 0 Å². The van der Waals surface area contributed by atoms with Crippen LogP contribution in [0.4, 0.5) is 17.1 Å². The van der Waals surface area contributed by atoms with Crippen LogP contribution in [-0.2, 0) is 4.79 Å². The van der Waals surface area contributed by atoms with Crippen molar-refractivity contribution in [2.75, 3.05) is 27.8 Å². The van der Waals surface area contributed by atoms with E-state index in [1.54, 1.807) is 36.0 Å². The summed E-state index contributed by atoms with van der Waals surface area (Å²) in [6.45, 7) is 3.01. The Kier molecular flexibility index (Phi) is 4.98. The monoisotopic (exact) mass is 347 g/mol. The Bertz CT molecular complexity index is 692. The van der Waals surface area contributed by atoms with Crippen LogP contribution >= 0.6 is 23.4 Å². The summed E-state index contributed by atoms with van der Waals surface area (Å²) in [5.74, 6) is 0.358. The molecule has 6 heteroatoms. The van der Waals surface area contributed by atoms with Gasteiger partial charge in [-0.2, -0.15) is 0 Å². The summed E-state index contributed by atoms with van der Waals surface area (Å²) in [6, 6.07) is 15.3. The third-order valence-corrected chi connectivity index (χ3v) is 4.99. The van der Waals surface area contributed by atoms with Gasteiger partial charge < -0.3 is 15.5 Å². The van der Waals surface area contributed by atoms with E-state index in [0.717, 1.165) is 17.9 Å². The molecule has 0 aliphatic carbocycles. The molecule has 23 heavy (non-hydrogen) atoms. The van der Waals surface area contributed by atoms with Gasteiger partial charge in [0.1, 0.15) is 5.50 Å². The molecule has 1 amide bonds. The number of amides is 1. The molecule has 2 aromatic carbocycles. The van der Waals surface area contributed by atoms with E-state index in [0.29, 0.717) is 10.8 Å². The van der Waals surface area contributed by atoms with Crippen molar-refractivity contribution < 1.29 is 4.79 Å². The van der Waals surface area contributed by atoms with E-state index in [1.807, 2.05) is 12.1 Å². The van der Waals surface area contributed by atoms with Gasteiger partial charge in [-0.05, 0) is 43.3 Å². The lowest BCUT2D eigenvalue weighted by Gasteiger charge is -2.24. The Hall–Kier alpha value is -1.85. The number of para-hydroxylation sites is 2. The Morgan fingerprint density at radius 1 is 1.26 bits per heavy atom. The van der Waals surface area contributed by atoms with Crippen LogP contribution in [0.25, 0.3) is 0 Å². The number of hydrogen-bond donors (Lipinski definition) is 2. The quantitative estimate of drug-likeness (QED) is 0.848. The molecule has 0 spiro atoms. The average Bonchev–Trinajstić information content (AvgIpc) is 2.92. The SMILES string of the molecule is CCN1c2ccccc2N[C@@H]1SCC(=O)Nc1ccc(Cl)cc1. The number of thioether (sulfide) groups is 1. The van der Waals surface area contributed by atoms with Gasteiger partial charge >= 0.3 is 0 Å². The van der Waals surface area contributed by atoms with Crippen molar-refractivity contribution >= 4 is 46.3 Å². The molecule has 0 saturated heterocycles. The smallest absolute Gasteiger partial charge is 0.234 e. The molecular formula is C17H18ClN3OS. The second kappa shape index (κ2) is 7.15. The third kappa shape index (κ3) is 3.74. The van der Waals surface area contributed by atoms with Crippen molar-refractivity contribution in [2.45, 2.75) is 12.4 Å². The van der Waals surface area contributed by atoms with Gasteiger partial charge in [-0.3, -0.25) is 4.79 Å². The number of anilines is 3. The standard InChI is InChI=1S/C17H18ClN3OS/c1-2-21-15-6-4-3-5-14(15)20-17(21)23-11-16(22)19-13-9-7-12(18)8-10-13/h3-10,17,20H,2,11H2,1H3,(H,19,22)/t17-/m0/s1. The number of fused-ring (bicyclic) bond motifs is 1. The molecule has 4 nitrogen and oxygen atoms in total. The Balaban J connectivity index is 1.56. The summed E-state index contributed by atoms with van der Waals surface area (Å²) < 4.78 is 0. The van der Waals surface area contributed by atoms with Crippen LogP contribution < -0.4 is 15.5 Å². The van der Waals surface area contributed by atoms with E-state index in [4.69, 9.17) is 11.6 Å². The largest absolute Gasteiger partial charge is 0.355 e. The van der Waals surface area contributed by atoms with Crippen LogP contribution in [0.5, 0.6) is 0 Å². The summed E-state index contributed by atoms with van der Waals surface area (Å²) >= 11 is 7.42. The van der Waals surface area contributed by atoms with Crippen LogP contribution in [0.2, 0.25) is 5.02 Å². The molecule has 0 aromatic heterocycles. The fraction of sp³-hybridized carbons (Fsp3) is 0.235. The number of carbonyl (C=O) groups is 1. The predicted octanol–water partition coefficient (Wildman–Crippen LogP) is 4.25. The molecule has 0 unspecified atom stereocenters. The van der Waals surface area contributed by atoms with Crippen LogP contribution in [0.3, 0.4) is 0 Å². The summed E-state index contributed by atoms with van der Waals surface area (Å²) in [5.41, 5.74) is 3.14. The minimum atomic E-state index is -0.0221. The van der Waals surface area contributed by atoms with Crippen molar-refractivity contribution in [1.29, 1.82) is 0 Å². The molecule has 120 valence electrons. The highest BCUT2D eigenvalue weighted by Gasteiger charge is 2.27. The highest BCUT2D eigenvalue weighted by molar-refractivity contribution is 8.00. The molecule has 1 atom stereocenters. The maximum Gasteiger partial charge on any atom is 0.234 e. The van der Waals surface area contributed by atoms with Gasteiger partial charge in [0.25, 0.3) is 0 Å². The van der Waals surface area contributed by atoms with E-state index < -0.39 is 0 Å². The van der Waals surface area contributed by atoms with Crippen molar-refractivity contribution in [3.63, 3.8) is 0 Å². The van der Waals surface area contributed by atoms with Gasteiger partial charge in [-0.1, -0.05) is 23.7 Å². The average molecular weight is 348 g/mol. The Morgan fingerprint density at radius 3 is 2.74 bits per heavy atom. The number of benzene rings is 2. The van der Waals surface area contributed by atoms with Gasteiger partial charge in [0.05, 0.1) is 17.1 Å². The number of nitrogens with one attached hydrogen (secondary N) is 2. The van der Waals surface area contributed by atoms with Crippen LogP contribution in [0.1, 0.15) is 6.92 Å². The highest BCUT2D eigenvalue weighted by Crippen LogP contribution is 2.37. The minimum Gasteiger partial charge on any atom is -0.355 e. The molecule has 3 rings (SSSR count). The molecule has 0 radical (unpaired) electrons. The molecule has 2 aromatic rings. The van der Waals surface area contributed by atoms with Gasteiger partial charge in [-0.15, -0.1) is 11.8 Å². The molecule has 0 fully saturated rings. The number of hydrogen-bond acceptors (Lipinski definition) is 4. The van der Waals surface area contributed by atoms with Gasteiger partial charge in [0.15, 0.2) is 0 Å². The molecule has 0 saturated carbocycles. The lowest BCUT2D eigenvalue weighted by Crippen LogP contribution is -2.34. The lowest BCUT2D eigenvalue weighted by molar-refractivity contribution is -0.113. The third-order valence-electron chi connectivity index (χ3n) is 3.62. The summed E-state index contributed by atoms with van der Waals surface area (Å²) in [4.78, 5) is 14.4. The number of carbonyl (C=O) groups excluding carboxylic acids is 1. The Labute approximate surface area is 145 Å². The fourth-order valence-corrected chi connectivity index (χ4v) is 3.70. The highest BCUT2D eigenvalue weighted by atomic mass is 35.5. The lowest BCUT2D eigenvalue weighted by atomic mass is 10.3. The molecule has 1 aliphatic rings. The summed E-state index contributed by atoms with van der Waals surface area (Å²) in [7, 11) is 0. The Morgan fingerprint density at radius 2 is 2.00 bits per heavy atom. The zero-order valence-corrected chi connectivity index (χ0v) is 14.3. The van der Waals surface area contributed by atoms with E-state index in [1.165, 1.54) is 5.69 Å². The number of rotatable bonds is 5. The number of nitrogens with zero attached hydrogens (tertiary/aromatic N) is 1. The minimum absolute atomic E-state index is 0.0221. The topological polar surface area (TPSA) is 44.4 Å². The first kappa shape index (κ1) is 16.0. The maximum atomic E-state index is 12.1. The number of halogens is 1. The second-order valence-electron chi connectivity index (χ2n) is 5.17. The fourth-order valence-electron chi connectivity index (χ4n) is 2.54. The molecule has 1 heterocycles. The molecule has 2 N–H and O–H groups in total. The first-order valence-electron chi connectivity index (χ1n) is 7.46. The molecule has 1 aliphatic heterocycles. The van der Waals surface area contributed by atoms with Crippen molar-refractivity contribution in [3.8, 4) is 0 Å². The van der Waals surface area contributed by atoms with E-state index in [-0.39, 0.29) is 11.4 Å². The van der Waals surface area contributed by atoms with Crippen LogP contribution in [0, 0.1) is 0 Å². The zero-order chi connectivity index (χ0) is 16.2. The van der Waals surface area contributed by atoms with Gasteiger partial charge in [0.2, 0.25) is 5.91 Å². The zero-order valence-electron chi connectivity index (χ0n) is 12.8. The van der Waals surface area contributed by atoms with Gasteiger partial charge in [-0.25, -0.2) is 0 Å². The predicted molar refractivity (Wildman–Crippen MR) is 99.4 cm³/mol.